The first-order chi connectivity index (χ1) is 5.27. The van der Waals surface area contributed by atoms with Gasteiger partial charge in [-0.05, 0) is 18.6 Å². The number of para-hydroxylation sites is 1. The van der Waals surface area contributed by atoms with E-state index in [4.69, 9.17) is 16.3 Å². The van der Waals surface area contributed by atoms with Crippen molar-refractivity contribution in [1.29, 1.82) is 0 Å². The molecule has 1 nitrogen and oxygen atoms in total. The maximum Gasteiger partial charge on any atom is 0.141 e. The summed E-state index contributed by atoms with van der Waals surface area (Å²) in [5, 5.41) is 0.729. The van der Waals surface area contributed by atoms with Crippen molar-refractivity contribution in [3.8, 4) is 5.75 Å². The fourth-order valence-corrected chi connectivity index (χ4v) is 1.64. The standard InChI is InChI=1S/C9H9ClO/c1-6-5-7-3-2-4-8(10)9(7)11-6/h2-4,6H,5H2,1H3/t6-/m1/s1. The quantitative estimate of drug-likeness (QED) is 0.579. The van der Waals surface area contributed by atoms with E-state index >= 15 is 0 Å². The molecule has 1 aliphatic heterocycles. The van der Waals surface area contributed by atoms with Crippen LogP contribution < -0.4 is 4.74 Å². The highest BCUT2D eigenvalue weighted by atomic mass is 35.5. The SMILES string of the molecule is C[C@@H]1Cc2cccc(Cl)c2O1. The van der Waals surface area contributed by atoms with E-state index in [0.29, 0.717) is 0 Å². The Morgan fingerprint density at radius 3 is 3.09 bits per heavy atom. The Hall–Kier alpha value is -0.690. The summed E-state index contributed by atoms with van der Waals surface area (Å²) in [6.07, 6.45) is 1.26. The summed E-state index contributed by atoms with van der Waals surface area (Å²) in [5.74, 6) is 0.877. The van der Waals surface area contributed by atoms with Crippen molar-refractivity contribution in [1.82, 2.24) is 0 Å². The van der Waals surface area contributed by atoms with Crippen molar-refractivity contribution >= 4 is 11.6 Å². The Morgan fingerprint density at radius 2 is 2.36 bits per heavy atom. The molecule has 1 aromatic carbocycles. The molecule has 11 heavy (non-hydrogen) atoms. The minimum absolute atomic E-state index is 0.282. The molecule has 0 fully saturated rings. The predicted molar refractivity (Wildman–Crippen MR) is 45.2 cm³/mol. The van der Waals surface area contributed by atoms with Gasteiger partial charge in [0.15, 0.2) is 0 Å². The Morgan fingerprint density at radius 1 is 1.55 bits per heavy atom. The van der Waals surface area contributed by atoms with Crippen molar-refractivity contribution in [2.75, 3.05) is 0 Å². The Balaban J connectivity index is 2.49. The molecule has 0 saturated carbocycles. The molecule has 0 amide bonds. The van der Waals surface area contributed by atoms with E-state index in [9.17, 15) is 0 Å². The van der Waals surface area contributed by atoms with Crippen LogP contribution in [0, 0.1) is 0 Å². The van der Waals surface area contributed by atoms with Gasteiger partial charge in [-0.1, -0.05) is 23.7 Å². The normalized spacial score (nSPS) is 21.1. The smallest absolute Gasteiger partial charge is 0.141 e. The summed E-state index contributed by atoms with van der Waals surface area (Å²) in [6.45, 7) is 2.05. The van der Waals surface area contributed by atoms with Crippen LogP contribution in [0.15, 0.2) is 18.2 Å². The number of hydrogen-bond acceptors (Lipinski definition) is 1. The topological polar surface area (TPSA) is 9.23 Å². The van der Waals surface area contributed by atoms with Crippen molar-refractivity contribution in [2.45, 2.75) is 19.4 Å². The van der Waals surface area contributed by atoms with Crippen LogP contribution in [-0.2, 0) is 6.42 Å². The lowest BCUT2D eigenvalue weighted by molar-refractivity contribution is 0.255. The first-order valence-corrected chi connectivity index (χ1v) is 4.09. The van der Waals surface area contributed by atoms with E-state index in [-0.39, 0.29) is 6.10 Å². The minimum Gasteiger partial charge on any atom is -0.489 e. The molecule has 0 radical (unpaired) electrons. The molecule has 2 rings (SSSR count). The second-order valence-electron chi connectivity index (χ2n) is 2.86. The Kier molecular flexibility index (Phi) is 1.53. The largest absolute Gasteiger partial charge is 0.489 e. The number of hydrogen-bond donors (Lipinski definition) is 0. The third kappa shape index (κ3) is 1.10. The fourth-order valence-electron chi connectivity index (χ4n) is 1.40. The van der Waals surface area contributed by atoms with Crippen LogP contribution in [0.4, 0.5) is 0 Å². The highest BCUT2D eigenvalue weighted by molar-refractivity contribution is 6.32. The average Bonchev–Trinajstić information content (AvgIpc) is 2.31. The maximum atomic E-state index is 5.91. The van der Waals surface area contributed by atoms with Crippen LogP contribution >= 0.6 is 11.6 Å². The van der Waals surface area contributed by atoms with Crippen LogP contribution in [0.2, 0.25) is 5.02 Å². The molecule has 0 unspecified atom stereocenters. The molecular formula is C9H9ClO. The van der Waals surface area contributed by atoms with Gasteiger partial charge in [0, 0.05) is 6.42 Å². The summed E-state index contributed by atoms with van der Waals surface area (Å²) >= 11 is 5.91. The van der Waals surface area contributed by atoms with Crippen molar-refractivity contribution in [3.63, 3.8) is 0 Å². The van der Waals surface area contributed by atoms with Crippen molar-refractivity contribution < 1.29 is 4.74 Å². The Labute approximate surface area is 70.9 Å². The molecule has 0 spiro atoms. The summed E-state index contributed by atoms with van der Waals surface area (Å²) in [6, 6.07) is 5.88. The molecule has 1 aromatic rings. The van der Waals surface area contributed by atoms with E-state index in [0.717, 1.165) is 17.2 Å². The van der Waals surface area contributed by atoms with Gasteiger partial charge < -0.3 is 4.74 Å². The molecule has 2 heteroatoms. The molecule has 0 aromatic heterocycles. The third-order valence-electron chi connectivity index (χ3n) is 1.87. The predicted octanol–water partition coefficient (Wildman–Crippen LogP) is 2.66. The van der Waals surface area contributed by atoms with Crippen LogP contribution in [-0.4, -0.2) is 6.10 Å². The lowest BCUT2D eigenvalue weighted by Gasteiger charge is -2.03. The zero-order chi connectivity index (χ0) is 7.84. The number of benzene rings is 1. The molecular weight excluding hydrogens is 160 g/mol. The van der Waals surface area contributed by atoms with E-state index in [2.05, 4.69) is 13.0 Å². The highest BCUT2D eigenvalue weighted by Gasteiger charge is 2.20. The van der Waals surface area contributed by atoms with Crippen LogP contribution in [0.1, 0.15) is 12.5 Å². The lowest BCUT2D eigenvalue weighted by atomic mass is 10.1. The number of halogens is 1. The van der Waals surface area contributed by atoms with Gasteiger partial charge in [0.05, 0.1) is 5.02 Å². The van der Waals surface area contributed by atoms with E-state index < -0.39 is 0 Å². The molecule has 0 bridgehead atoms. The van der Waals surface area contributed by atoms with Crippen molar-refractivity contribution in [3.05, 3.63) is 28.8 Å². The molecule has 0 saturated heterocycles. The average molecular weight is 169 g/mol. The third-order valence-corrected chi connectivity index (χ3v) is 2.17. The molecule has 58 valence electrons. The molecule has 1 heterocycles. The van der Waals surface area contributed by atoms with Gasteiger partial charge in [0.25, 0.3) is 0 Å². The van der Waals surface area contributed by atoms with Gasteiger partial charge in [0.2, 0.25) is 0 Å². The summed E-state index contributed by atoms with van der Waals surface area (Å²) in [5.41, 5.74) is 1.23. The van der Waals surface area contributed by atoms with Gasteiger partial charge in [0.1, 0.15) is 11.9 Å². The molecule has 0 aliphatic carbocycles. The Bertz CT molecular complexity index is 283. The zero-order valence-electron chi connectivity index (χ0n) is 6.30. The van der Waals surface area contributed by atoms with Crippen LogP contribution in [0.25, 0.3) is 0 Å². The number of ether oxygens (including phenoxy) is 1. The monoisotopic (exact) mass is 168 g/mol. The molecule has 1 atom stereocenters. The van der Waals surface area contributed by atoms with E-state index in [1.165, 1.54) is 5.56 Å². The summed E-state index contributed by atoms with van der Waals surface area (Å²) in [4.78, 5) is 0. The lowest BCUT2D eigenvalue weighted by Crippen LogP contribution is -2.05. The summed E-state index contributed by atoms with van der Waals surface area (Å²) < 4.78 is 5.51. The second-order valence-corrected chi connectivity index (χ2v) is 3.27. The van der Waals surface area contributed by atoms with Crippen LogP contribution in [0.5, 0.6) is 5.75 Å². The van der Waals surface area contributed by atoms with Gasteiger partial charge in [-0.25, -0.2) is 0 Å². The summed E-state index contributed by atoms with van der Waals surface area (Å²) in [7, 11) is 0. The second kappa shape index (κ2) is 2.42. The maximum absolute atomic E-state index is 5.91. The zero-order valence-corrected chi connectivity index (χ0v) is 7.06. The number of fused-ring (bicyclic) bond motifs is 1. The van der Waals surface area contributed by atoms with E-state index in [1.807, 2.05) is 12.1 Å². The first kappa shape index (κ1) is 6.99. The van der Waals surface area contributed by atoms with Gasteiger partial charge in [-0.3, -0.25) is 0 Å². The molecule has 0 N–H and O–H groups in total. The molecule has 1 aliphatic rings. The first-order valence-electron chi connectivity index (χ1n) is 3.71. The van der Waals surface area contributed by atoms with Gasteiger partial charge in [-0.15, -0.1) is 0 Å². The number of rotatable bonds is 0. The van der Waals surface area contributed by atoms with E-state index in [1.54, 1.807) is 0 Å². The fraction of sp³-hybridized carbons (Fsp3) is 0.333. The highest BCUT2D eigenvalue weighted by Crippen LogP contribution is 2.35. The van der Waals surface area contributed by atoms with Gasteiger partial charge in [-0.2, -0.15) is 0 Å². The van der Waals surface area contributed by atoms with Gasteiger partial charge >= 0.3 is 0 Å². The minimum atomic E-state index is 0.282. The van der Waals surface area contributed by atoms with Crippen LogP contribution in [0.3, 0.4) is 0 Å². The van der Waals surface area contributed by atoms with Crippen molar-refractivity contribution in [2.24, 2.45) is 0 Å².